The lowest BCUT2D eigenvalue weighted by molar-refractivity contribution is -0.137. The van der Waals surface area contributed by atoms with Crippen LogP contribution in [0.1, 0.15) is 17.1 Å². The fourth-order valence-corrected chi connectivity index (χ4v) is 1.89. The Bertz CT molecular complexity index is 573. The van der Waals surface area contributed by atoms with Gasteiger partial charge in [-0.3, -0.25) is 0 Å². The highest BCUT2D eigenvalue weighted by atomic mass is 19.4. The Balaban J connectivity index is 2.42. The number of benzene rings is 1. The van der Waals surface area contributed by atoms with E-state index in [0.29, 0.717) is 24.5 Å². The van der Waals surface area contributed by atoms with E-state index in [1.165, 1.54) is 6.07 Å². The predicted octanol–water partition coefficient (Wildman–Crippen LogP) is 2.70. The number of nitrogens with zero attached hydrogens (tertiary/aromatic N) is 2. The molecular weight excluding hydrogens is 255 g/mol. The Morgan fingerprint density at radius 3 is 2.68 bits per heavy atom. The van der Waals surface area contributed by atoms with Crippen molar-refractivity contribution in [1.82, 2.24) is 9.55 Å². The van der Waals surface area contributed by atoms with Crippen LogP contribution in [0.5, 0.6) is 0 Å². The molecule has 0 amide bonds. The van der Waals surface area contributed by atoms with Gasteiger partial charge in [-0.05, 0) is 31.7 Å². The summed E-state index contributed by atoms with van der Waals surface area (Å²) in [5.74, 6) is 0.641. The summed E-state index contributed by atoms with van der Waals surface area (Å²) in [6.07, 6.45) is -2.02. The lowest BCUT2D eigenvalue weighted by Crippen LogP contribution is -2.06. The minimum atomic E-state index is -4.34. The molecule has 2 aromatic rings. The van der Waals surface area contributed by atoms with Gasteiger partial charge < -0.3 is 10.3 Å². The molecule has 3 nitrogen and oxygen atoms in total. The summed E-state index contributed by atoms with van der Waals surface area (Å²) in [4.78, 5) is 4.27. The van der Waals surface area contributed by atoms with E-state index in [4.69, 9.17) is 5.73 Å². The third kappa shape index (κ3) is 2.96. The lowest BCUT2D eigenvalue weighted by atomic mass is 10.2. The van der Waals surface area contributed by atoms with Crippen molar-refractivity contribution in [3.05, 3.63) is 47.5 Å². The average Bonchev–Trinajstić information content (AvgIpc) is 2.70. The number of rotatable bonds is 3. The Labute approximate surface area is 108 Å². The topological polar surface area (TPSA) is 43.8 Å². The van der Waals surface area contributed by atoms with Gasteiger partial charge in [0.2, 0.25) is 0 Å². The molecule has 2 rings (SSSR count). The van der Waals surface area contributed by atoms with Crippen LogP contribution in [-0.4, -0.2) is 16.1 Å². The van der Waals surface area contributed by atoms with Crippen LogP contribution in [0, 0.1) is 6.92 Å². The number of hydrogen-bond acceptors (Lipinski definition) is 2. The molecule has 102 valence electrons. The van der Waals surface area contributed by atoms with Gasteiger partial charge in [0.15, 0.2) is 0 Å². The van der Waals surface area contributed by atoms with Crippen LogP contribution in [0.2, 0.25) is 0 Å². The fraction of sp³-hybridized carbons (Fsp3) is 0.308. The van der Waals surface area contributed by atoms with Crippen LogP contribution in [0.15, 0.2) is 30.5 Å². The van der Waals surface area contributed by atoms with Crippen LogP contribution in [0.4, 0.5) is 13.2 Å². The van der Waals surface area contributed by atoms with Crippen LogP contribution < -0.4 is 5.73 Å². The molecule has 0 bridgehead atoms. The van der Waals surface area contributed by atoms with E-state index in [-0.39, 0.29) is 0 Å². The second-order valence-corrected chi connectivity index (χ2v) is 4.24. The first-order valence-corrected chi connectivity index (χ1v) is 5.84. The summed E-state index contributed by atoms with van der Waals surface area (Å²) in [6.45, 7) is 2.21. The van der Waals surface area contributed by atoms with E-state index in [2.05, 4.69) is 4.98 Å². The molecule has 1 aromatic heterocycles. The maximum absolute atomic E-state index is 12.7. The van der Waals surface area contributed by atoms with Gasteiger partial charge in [0, 0.05) is 18.3 Å². The predicted molar refractivity (Wildman–Crippen MR) is 66.1 cm³/mol. The van der Waals surface area contributed by atoms with Gasteiger partial charge in [0.05, 0.1) is 11.3 Å². The minimum absolute atomic E-state index is 0.447. The maximum Gasteiger partial charge on any atom is 0.416 e. The molecule has 0 aliphatic carbocycles. The summed E-state index contributed by atoms with van der Waals surface area (Å²) in [6, 6.07) is 5.17. The number of imidazole rings is 1. The highest BCUT2D eigenvalue weighted by Gasteiger charge is 2.30. The molecule has 0 saturated carbocycles. The first-order chi connectivity index (χ1) is 8.91. The summed E-state index contributed by atoms with van der Waals surface area (Å²) < 4.78 is 39.6. The van der Waals surface area contributed by atoms with Gasteiger partial charge in [0.25, 0.3) is 0 Å². The van der Waals surface area contributed by atoms with E-state index in [9.17, 15) is 13.2 Å². The molecule has 0 radical (unpaired) electrons. The highest BCUT2D eigenvalue weighted by Crippen LogP contribution is 2.30. The molecule has 0 spiro atoms. The molecule has 0 atom stereocenters. The number of alkyl halides is 3. The van der Waals surface area contributed by atoms with Gasteiger partial charge in [0.1, 0.15) is 5.82 Å². The molecule has 19 heavy (non-hydrogen) atoms. The van der Waals surface area contributed by atoms with Crippen molar-refractivity contribution < 1.29 is 13.2 Å². The molecule has 0 aliphatic heterocycles. The fourth-order valence-electron chi connectivity index (χ4n) is 1.89. The monoisotopic (exact) mass is 269 g/mol. The molecule has 1 heterocycles. The zero-order chi connectivity index (χ0) is 14.0. The van der Waals surface area contributed by atoms with Crippen molar-refractivity contribution in [1.29, 1.82) is 0 Å². The van der Waals surface area contributed by atoms with Crippen LogP contribution in [-0.2, 0) is 12.6 Å². The molecule has 6 heteroatoms. The van der Waals surface area contributed by atoms with Crippen molar-refractivity contribution in [3.63, 3.8) is 0 Å². The Kier molecular flexibility index (Phi) is 3.61. The zero-order valence-corrected chi connectivity index (χ0v) is 10.4. The van der Waals surface area contributed by atoms with Crippen molar-refractivity contribution in [2.24, 2.45) is 5.73 Å². The number of halogens is 3. The maximum atomic E-state index is 12.7. The molecule has 2 N–H and O–H groups in total. The molecular formula is C13H14F3N3. The van der Waals surface area contributed by atoms with Crippen LogP contribution in [0.25, 0.3) is 5.69 Å². The quantitative estimate of drug-likeness (QED) is 0.931. The Hall–Kier alpha value is -1.82. The van der Waals surface area contributed by atoms with Gasteiger partial charge in [-0.25, -0.2) is 4.98 Å². The first-order valence-electron chi connectivity index (χ1n) is 5.84. The van der Waals surface area contributed by atoms with Crippen molar-refractivity contribution in [2.45, 2.75) is 19.5 Å². The van der Waals surface area contributed by atoms with Crippen LogP contribution >= 0.6 is 0 Å². The average molecular weight is 269 g/mol. The summed E-state index contributed by atoms with van der Waals surface area (Å²) in [7, 11) is 0. The normalized spacial score (nSPS) is 11.8. The van der Waals surface area contributed by atoms with E-state index in [1.54, 1.807) is 23.8 Å². The number of hydrogen-bond donors (Lipinski definition) is 1. The van der Waals surface area contributed by atoms with E-state index in [1.807, 2.05) is 0 Å². The summed E-state index contributed by atoms with van der Waals surface area (Å²) in [5.41, 5.74) is 6.00. The molecule has 0 aliphatic rings. The van der Waals surface area contributed by atoms with Gasteiger partial charge >= 0.3 is 6.18 Å². The largest absolute Gasteiger partial charge is 0.416 e. The SMILES string of the molecule is Cc1nc(CCN)cn1-c1cccc(C(F)(F)F)c1. The number of aryl methyl sites for hydroxylation is 1. The summed E-state index contributed by atoms with van der Waals surface area (Å²) in [5, 5.41) is 0. The molecule has 0 unspecified atom stereocenters. The Morgan fingerprint density at radius 1 is 1.32 bits per heavy atom. The minimum Gasteiger partial charge on any atom is -0.330 e. The second kappa shape index (κ2) is 5.05. The summed E-state index contributed by atoms with van der Waals surface area (Å²) >= 11 is 0. The first kappa shape index (κ1) is 13.6. The third-order valence-corrected chi connectivity index (χ3v) is 2.78. The van der Waals surface area contributed by atoms with E-state index >= 15 is 0 Å². The number of aromatic nitrogens is 2. The molecule has 0 fully saturated rings. The number of nitrogens with two attached hydrogens (primary N) is 1. The smallest absolute Gasteiger partial charge is 0.330 e. The van der Waals surface area contributed by atoms with Crippen molar-refractivity contribution in [3.8, 4) is 5.69 Å². The van der Waals surface area contributed by atoms with Gasteiger partial charge in [-0.1, -0.05) is 6.07 Å². The van der Waals surface area contributed by atoms with Gasteiger partial charge in [-0.15, -0.1) is 0 Å². The molecule has 1 aromatic carbocycles. The third-order valence-electron chi connectivity index (χ3n) is 2.78. The Morgan fingerprint density at radius 2 is 2.05 bits per heavy atom. The van der Waals surface area contributed by atoms with E-state index in [0.717, 1.165) is 17.8 Å². The van der Waals surface area contributed by atoms with Gasteiger partial charge in [-0.2, -0.15) is 13.2 Å². The van der Waals surface area contributed by atoms with E-state index < -0.39 is 11.7 Å². The highest BCUT2D eigenvalue weighted by molar-refractivity contribution is 5.38. The van der Waals surface area contributed by atoms with Crippen molar-refractivity contribution >= 4 is 0 Å². The second-order valence-electron chi connectivity index (χ2n) is 4.24. The van der Waals surface area contributed by atoms with Crippen molar-refractivity contribution in [2.75, 3.05) is 6.54 Å². The zero-order valence-electron chi connectivity index (χ0n) is 10.4. The molecule has 0 saturated heterocycles. The lowest BCUT2D eigenvalue weighted by Gasteiger charge is -2.10. The van der Waals surface area contributed by atoms with Crippen LogP contribution in [0.3, 0.4) is 0 Å². The standard InChI is InChI=1S/C13H14F3N3/c1-9-18-11(5-6-17)8-19(9)12-4-2-3-10(7-12)13(14,15)16/h2-4,7-8H,5-6,17H2,1H3.